The molecule has 3 N–H and O–H groups in total. The average Bonchev–Trinajstić information content (AvgIpc) is 2.72. The summed E-state index contributed by atoms with van der Waals surface area (Å²) in [5.41, 5.74) is 11.3. The van der Waals surface area contributed by atoms with Gasteiger partial charge in [-0.2, -0.15) is 0 Å². The summed E-state index contributed by atoms with van der Waals surface area (Å²) in [6.07, 6.45) is 4.13. The molecule has 0 spiro atoms. The molecule has 2 bridgehead atoms. The molecule has 2 aromatic carbocycles. The van der Waals surface area contributed by atoms with Crippen LogP contribution in [0.25, 0.3) is 0 Å². The van der Waals surface area contributed by atoms with E-state index in [1.165, 1.54) is 28.5 Å². The maximum atomic E-state index is 11.3. The van der Waals surface area contributed by atoms with Gasteiger partial charge in [0, 0.05) is 18.4 Å². The lowest BCUT2D eigenvalue weighted by Crippen LogP contribution is -2.35. The summed E-state index contributed by atoms with van der Waals surface area (Å²) < 4.78 is 0. The van der Waals surface area contributed by atoms with Gasteiger partial charge in [0.2, 0.25) is 0 Å². The van der Waals surface area contributed by atoms with E-state index in [2.05, 4.69) is 63.8 Å². The monoisotopic (exact) mass is 356 g/mol. The Labute approximate surface area is 157 Å². The van der Waals surface area contributed by atoms with Crippen molar-refractivity contribution in [2.45, 2.75) is 18.3 Å². The first kappa shape index (κ1) is 16.0. The number of nitrogens with zero attached hydrogens (tertiary/aromatic N) is 2. The Balaban J connectivity index is 1.46. The Kier molecular flexibility index (Phi) is 3.67. The summed E-state index contributed by atoms with van der Waals surface area (Å²) in [5, 5.41) is 3.37. The second-order valence-corrected chi connectivity index (χ2v) is 7.32. The van der Waals surface area contributed by atoms with Gasteiger partial charge in [0.15, 0.2) is 0 Å². The molecule has 0 fully saturated rings. The second kappa shape index (κ2) is 6.20. The van der Waals surface area contributed by atoms with Gasteiger partial charge in [0.1, 0.15) is 11.5 Å². The number of benzene rings is 2. The first-order valence-corrected chi connectivity index (χ1v) is 9.25. The number of rotatable bonds is 4. The van der Waals surface area contributed by atoms with Crippen LogP contribution in [0.4, 0.5) is 5.82 Å². The molecule has 6 rings (SSSR count). The highest BCUT2D eigenvalue weighted by Crippen LogP contribution is 2.55. The van der Waals surface area contributed by atoms with E-state index in [0.29, 0.717) is 23.6 Å². The van der Waals surface area contributed by atoms with Gasteiger partial charge in [-0.3, -0.25) is 9.78 Å². The molecule has 1 aromatic heterocycles. The number of carbonyl (C=O) groups is 1. The van der Waals surface area contributed by atoms with E-state index in [1.807, 2.05) is 0 Å². The van der Waals surface area contributed by atoms with Gasteiger partial charge in [-0.15, -0.1) is 0 Å². The Morgan fingerprint density at radius 3 is 2.26 bits per heavy atom. The molecule has 0 aliphatic heterocycles. The molecule has 3 aliphatic carbocycles. The van der Waals surface area contributed by atoms with Gasteiger partial charge in [0.05, 0.1) is 12.4 Å². The van der Waals surface area contributed by atoms with E-state index in [4.69, 9.17) is 5.73 Å². The van der Waals surface area contributed by atoms with E-state index >= 15 is 0 Å². The predicted octanol–water partition coefficient (Wildman–Crippen LogP) is 3.28. The minimum Gasteiger partial charge on any atom is -0.368 e. The lowest BCUT2D eigenvalue weighted by molar-refractivity contribution is 0.0995. The van der Waals surface area contributed by atoms with Gasteiger partial charge < -0.3 is 11.1 Å². The van der Waals surface area contributed by atoms with Crippen molar-refractivity contribution in [2.75, 3.05) is 11.9 Å². The molecule has 134 valence electrons. The molecule has 1 unspecified atom stereocenters. The molecule has 5 heteroatoms. The second-order valence-electron chi connectivity index (χ2n) is 7.32. The maximum Gasteiger partial charge on any atom is 0.268 e. The number of anilines is 1. The van der Waals surface area contributed by atoms with Gasteiger partial charge in [-0.05, 0) is 34.6 Å². The summed E-state index contributed by atoms with van der Waals surface area (Å²) >= 11 is 0. The van der Waals surface area contributed by atoms with Crippen LogP contribution in [-0.4, -0.2) is 22.4 Å². The molecule has 27 heavy (non-hydrogen) atoms. The van der Waals surface area contributed by atoms with Gasteiger partial charge in [-0.25, -0.2) is 4.98 Å². The number of aromatic nitrogens is 2. The number of nitrogens with two attached hydrogens (primary N) is 1. The van der Waals surface area contributed by atoms with E-state index in [1.54, 1.807) is 6.20 Å². The highest BCUT2D eigenvalue weighted by Gasteiger charge is 2.42. The third kappa shape index (κ3) is 2.58. The van der Waals surface area contributed by atoms with E-state index < -0.39 is 5.91 Å². The van der Waals surface area contributed by atoms with E-state index in [9.17, 15) is 4.79 Å². The molecule has 3 aliphatic rings. The maximum absolute atomic E-state index is 11.3. The summed E-state index contributed by atoms with van der Waals surface area (Å²) in [5.74, 6) is 1.30. The molecular formula is C22H20N4O. The lowest BCUT2D eigenvalue weighted by Gasteiger charge is -2.45. The zero-order valence-electron chi connectivity index (χ0n) is 14.8. The predicted molar refractivity (Wildman–Crippen MR) is 104 cm³/mol. The SMILES string of the molecule is NC(=O)c1cncc(NCC2CC3c4ccccc4C2c2ccccc23)n1. The van der Waals surface area contributed by atoms with Crippen molar-refractivity contribution in [3.63, 3.8) is 0 Å². The number of primary amides is 1. The normalized spacial score (nSPS) is 22.0. The van der Waals surface area contributed by atoms with Crippen LogP contribution in [-0.2, 0) is 0 Å². The van der Waals surface area contributed by atoms with Gasteiger partial charge in [-0.1, -0.05) is 48.5 Å². The van der Waals surface area contributed by atoms with Crippen LogP contribution in [0.15, 0.2) is 60.9 Å². The average molecular weight is 356 g/mol. The first-order valence-electron chi connectivity index (χ1n) is 9.25. The first-order chi connectivity index (χ1) is 13.2. The zero-order valence-corrected chi connectivity index (χ0v) is 14.8. The van der Waals surface area contributed by atoms with Crippen LogP contribution in [0, 0.1) is 5.92 Å². The van der Waals surface area contributed by atoms with Crippen molar-refractivity contribution < 1.29 is 4.79 Å². The number of carbonyl (C=O) groups excluding carboxylic acids is 1. The fourth-order valence-electron chi connectivity index (χ4n) is 4.77. The lowest BCUT2D eigenvalue weighted by atomic mass is 9.59. The van der Waals surface area contributed by atoms with Crippen LogP contribution >= 0.6 is 0 Å². The number of amides is 1. The molecule has 3 aromatic rings. The topological polar surface area (TPSA) is 80.9 Å². The Hall–Kier alpha value is -3.21. The molecule has 0 radical (unpaired) electrons. The zero-order chi connectivity index (χ0) is 18.4. The highest BCUT2D eigenvalue weighted by molar-refractivity contribution is 5.90. The fourth-order valence-corrected chi connectivity index (χ4v) is 4.77. The standard InChI is InChI=1S/C22H20N4O/c23-22(27)19-11-24-12-20(26-19)25-10-13-9-18-14-5-1-3-7-16(14)21(13)17-8-4-2-6-15(17)18/h1-8,11-13,18,21H,9-10H2,(H2,23,27)(H,25,26). The molecule has 5 nitrogen and oxygen atoms in total. The fraction of sp³-hybridized carbons (Fsp3) is 0.227. The minimum absolute atomic E-state index is 0.181. The van der Waals surface area contributed by atoms with Crippen molar-refractivity contribution in [1.29, 1.82) is 0 Å². The summed E-state index contributed by atoms with van der Waals surface area (Å²) in [7, 11) is 0. The Morgan fingerprint density at radius 2 is 1.63 bits per heavy atom. The molecule has 0 saturated heterocycles. The van der Waals surface area contributed by atoms with E-state index in [-0.39, 0.29) is 5.69 Å². The third-order valence-electron chi connectivity index (χ3n) is 5.86. The summed E-state index contributed by atoms with van der Waals surface area (Å²) in [6.45, 7) is 0.779. The summed E-state index contributed by atoms with van der Waals surface area (Å²) in [6, 6.07) is 17.6. The number of nitrogens with one attached hydrogen (secondary N) is 1. The minimum atomic E-state index is -0.564. The number of fused-ring (bicyclic) bond motifs is 1. The third-order valence-corrected chi connectivity index (χ3v) is 5.86. The Morgan fingerprint density at radius 1 is 1.00 bits per heavy atom. The highest BCUT2D eigenvalue weighted by atomic mass is 16.1. The molecular weight excluding hydrogens is 336 g/mol. The number of hydrogen-bond acceptors (Lipinski definition) is 4. The molecule has 1 amide bonds. The molecule has 1 heterocycles. The quantitative estimate of drug-likeness (QED) is 0.752. The Bertz CT molecular complexity index is 985. The van der Waals surface area contributed by atoms with Crippen molar-refractivity contribution in [2.24, 2.45) is 11.7 Å². The van der Waals surface area contributed by atoms with Crippen molar-refractivity contribution in [3.8, 4) is 0 Å². The van der Waals surface area contributed by atoms with Gasteiger partial charge in [0.25, 0.3) is 5.91 Å². The van der Waals surface area contributed by atoms with Gasteiger partial charge >= 0.3 is 0 Å². The largest absolute Gasteiger partial charge is 0.368 e. The van der Waals surface area contributed by atoms with Crippen LogP contribution < -0.4 is 11.1 Å². The van der Waals surface area contributed by atoms with Crippen LogP contribution in [0.2, 0.25) is 0 Å². The summed E-state index contributed by atoms with van der Waals surface area (Å²) in [4.78, 5) is 19.7. The van der Waals surface area contributed by atoms with Crippen LogP contribution in [0.3, 0.4) is 0 Å². The van der Waals surface area contributed by atoms with E-state index in [0.717, 1.165) is 13.0 Å². The smallest absolute Gasteiger partial charge is 0.268 e. The van der Waals surface area contributed by atoms with Crippen molar-refractivity contribution >= 4 is 11.7 Å². The van der Waals surface area contributed by atoms with Crippen LogP contribution in [0.5, 0.6) is 0 Å². The van der Waals surface area contributed by atoms with Crippen molar-refractivity contribution in [3.05, 3.63) is 88.9 Å². The number of hydrogen-bond donors (Lipinski definition) is 2. The molecule has 1 atom stereocenters. The van der Waals surface area contributed by atoms with Crippen molar-refractivity contribution in [1.82, 2.24) is 9.97 Å². The molecule has 0 saturated carbocycles. The van der Waals surface area contributed by atoms with Crippen LogP contribution in [0.1, 0.15) is 51.0 Å².